The van der Waals surface area contributed by atoms with E-state index in [1.165, 1.54) is 12.1 Å². The van der Waals surface area contributed by atoms with Gasteiger partial charge in [0.15, 0.2) is 0 Å². The van der Waals surface area contributed by atoms with Gasteiger partial charge in [-0.2, -0.15) is 4.99 Å². The Bertz CT molecular complexity index is 488. The number of isocyanates is 1. The van der Waals surface area contributed by atoms with Crippen LogP contribution in [0, 0.1) is 12.7 Å². The summed E-state index contributed by atoms with van der Waals surface area (Å²) < 4.78 is 13.4. The van der Waals surface area contributed by atoms with Crippen molar-refractivity contribution < 1.29 is 9.18 Å². The first kappa shape index (κ1) is 12.3. The van der Waals surface area contributed by atoms with Gasteiger partial charge in [0.05, 0.1) is 5.54 Å². The molecule has 0 atom stereocenters. The average molecular weight is 254 g/mol. The molecule has 1 aromatic carbocycles. The second-order valence-corrected chi connectivity index (χ2v) is 4.91. The third-order valence-electron chi connectivity index (χ3n) is 3.50. The lowest BCUT2D eigenvalue weighted by Gasteiger charge is -2.25. The standard InChI is InChI=1S/C13H13ClFNO/c1-9-11(6-10(15)7-12(9)14)13(16-8-17)4-2-3-5-13/h6-7H,2-5H2,1H3. The van der Waals surface area contributed by atoms with Crippen molar-refractivity contribution in [1.29, 1.82) is 0 Å². The van der Waals surface area contributed by atoms with E-state index in [-0.39, 0.29) is 5.82 Å². The normalized spacial score (nSPS) is 17.8. The lowest BCUT2D eigenvalue weighted by molar-refractivity contribution is 0.450. The van der Waals surface area contributed by atoms with Crippen molar-refractivity contribution in [2.24, 2.45) is 4.99 Å². The van der Waals surface area contributed by atoms with Gasteiger partial charge in [-0.1, -0.05) is 24.4 Å². The van der Waals surface area contributed by atoms with E-state index < -0.39 is 5.54 Å². The zero-order valence-corrected chi connectivity index (χ0v) is 10.4. The zero-order valence-electron chi connectivity index (χ0n) is 9.59. The Hall–Kier alpha value is -1.18. The van der Waals surface area contributed by atoms with Crippen LogP contribution in [0.3, 0.4) is 0 Å². The molecular weight excluding hydrogens is 241 g/mol. The Kier molecular flexibility index (Phi) is 3.32. The van der Waals surface area contributed by atoms with E-state index in [0.717, 1.165) is 36.8 Å². The summed E-state index contributed by atoms with van der Waals surface area (Å²) in [5, 5.41) is 0.382. The highest BCUT2D eigenvalue weighted by Gasteiger charge is 2.37. The molecule has 1 aliphatic carbocycles. The van der Waals surface area contributed by atoms with Gasteiger partial charge >= 0.3 is 0 Å². The zero-order chi connectivity index (χ0) is 12.5. The first-order valence-electron chi connectivity index (χ1n) is 5.64. The summed E-state index contributed by atoms with van der Waals surface area (Å²) >= 11 is 5.98. The van der Waals surface area contributed by atoms with Crippen LogP contribution in [0.5, 0.6) is 0 Å². The molecule has 0 saturated heterocycles. The smallest absolute Gasteiger partial charge is 0.211 e. The van der Waals surface area contributed by atoms with E-state index in [9.17, 15) is 9.18 Å². The van der Waals surface area contributed by atoms with Crippen molar-refractivity contribution in [1.82, 2.24) is 0 Å². The lowest BCUT2D eigenvalue weighted by Crippen LogP contribution is -2.20. The number of benzene rings is 1. The number of rotatable bonds is 2. The molecule has 0 amide bonds. The van der Waals surface area contributed by atoms with Crippen LogP contribution in [0.15, 0.2) is 17.1 Å². The minimum absolute atomic E-state index is 0.382. The first-order valence-corrected chi connectivity index (χ1v) is 6.02. The van der Waals surface area contributed by atoms with Gasteiger partial charge in [-0.3, -0.25) is 0 Å². The molecule has 4 heteroatoms. The molecular formula is C13H13ClFNO. The van der Waals surface area contributed by atoms with E-state index in [1.54, 1.807) is 6.08 Å². The summed E-state index contributed by atoms with van der Waals surface area (Å²) in [6.45, 7) is 1.83. The van der Waals surface area contributed by atoms with E-state index in [0.29, 0.717) is 5.02 Å². The van der Waals surface area contributed by atoms with E-state index >= 15 is 0 Å². The molecule has 17 heavy (non-hydrogen) atoms. The van der Waals surface area contributed by atoms with Gasteiger partial charge in [0.2, 0.25) is 6.08 Å². The topological polar surface area (TPSA) is 29.4 Å². The number of hydrogen-bond donors (Lipinski definition) is 0. The van der Waals surface area contributed by atoms with Crippen molar-refractivity contribution in [3.05, 3.63) is 34.1 Å². The van der Waals surface area contributed by atoms with Crippen molar-refractivity contribution in [3.63, 3.8) is 0 Å². The number of nitrogens with zero attached hydrogens (tertiary/aromatic N) is 1. The Balaban J connectivity index is 2.61. The summed E-state index contributed by atoms with van der Waals surface area (Å²) in [5.74, 6) is -0.386. The van der Waals surface area contributed by atoms with Gasteiger partial charge in [0, 0.05) is 5.02 Å². The van der Waals surface area contributed by atoms with Crippen LogP contribution in [0.2, 0.25) is 5.02 Å². The minimum atomic E-state index is -0.614. The van der Waals surface area contributed by atoms with Crippen LogP contribution in [0.1, 0.15) is 36.8 Å². The molecule has 0 spiro atoms. The Morgan fingerprint density at radius 3 is 2.65 bits per heavy atom. The molecule has 2 rings (SSSR count). The molecule has 0 unspecified atom stereocenters. The average Bonchev–Trinajstić information content (AvgIpc) is 2.73. The van der Waals surface area contributed by atoms with Crippen LogP contribution in [-0.4, -0.2) is 6.08 Å². The number of hydrogen-bond acceptors (Lipinski definition) is 2. The molecule has 0 aromatic heterocycles. The van der Waals surface area contributed by atoms with Crippen LogP contribution in [0.4, 0.5) is 4.39 Å². The molecule has 1 fully saturated rings. The van der Waals surface area contributed by atoms with Gasteiger partial charge < -0.3 is 0 Å². The highest BCUT2D eigenvalue weighted by molar-refractivity contribution is 6.31. The molecule has 2 nitrogen and oxygen atoms in total. The summed E-state index contributed by atoms with van der Waals surface area (Å²) in [4.78, 5) is 14.5. The quantitative estimate of drug-likeness (QED) is 0.581. The van der Waals surface area contributed by atoms with Gasteiger partial charge in [-0.15, -0.1) is 0 Å². The highest BCUT2D eigenvalue weighted by Crippen LogP contribution is 2.44. The fraction of sp³-hybridized carbons (Fsp3) is 0.462. The van der Waals surface area contributed by atoms with Crippen LogP contribution >= 0.6 is 11.6 Å². The largest absolute Gasteiger partial charge is 0.235 e. The number of halogens is 2. The molecule has 1 aromatic rings. The lowest BCUT2D eigenvalue weighted by atomic mass is 9.86. The fourth-order valence-electron chi connectivity index (χ4n) is 2.62. The SMILES string of the molecule is Cc1c(Cl)cc(F)cc1C1(N=C=O)CCCC1. The minimum Gasteiger partial charge on any atom is -0.211 e. The van der Waals surface area contributed by atoms with Crippen molar-refractivity contribution in [2.45, 2.75) is 38.1 Å². The first-order chi connectivity index (χ1) is 8.09. The predicted molar refractivity (Wildman–Crippen MR) is 64.4 cm³/mol. The Morgan fingerprint density at radius 1 is 1.41 bits per heavy atom. The molecule has 90 valence electrons. The third-order valence-corrected chi connectivity index (χ3v) is 3.89. The summed E-state index contributed by atoms with van der Waals surface area (Å²) in [7, 11) is 0. The van der Waals surface area contributed by atoms with Crippen LogP contribution in [-0.2, 0) is 10.3 Å². The summed E-state index contributed by atoms with van der Waals surface area (Å²) in [6, 6.07) is 2.72. The monoisotopic (exact) mass is 253 g/mol. The van der Waals surface area contributed by atoms with Crippen LogP contribution in [0.25, 0.3) is 0 Å². The molecule has 0 heterocycles. The highest BCUT2D eigenvalue weighted by atomic mass is 35.5. The molecule has 0 bridgehead atoms. The molecule has 0 aliphatic heterocycles. The van der Waals surface area contributed by atoms with E-state index in [1.807, 2.05) is 6.92 Å². The number of aliphatic imine (C=N–C) groups is 1. The van der Waals surface area contributed by atoms with Gasteiger partial charge in [-0.25, -0.2) is 9.18 Å². The molecule has 0 N–H and O–H groups in total. The van der Waals surface area contributed by atoms with Crippen molar-refractivity contribution in [2.75, 3.05) is 0 Å². The number of carbonyl (C=O) groups excluding carboxylic acids is 1. The Morgan fingerprint density at radius 2 is 2.06 bits per heavy atom. The second kappa shape index (κ2) is 4.59. The summed E-state index contributed by atoms with van der Waals surface area (Å²) in [5.41, 5.74) is 0.912. The van der Waals surface area contributed by atoms with Gasteiger partial charge in [0.25, 0.3) is 0 Å². The Labute approximate surface area is 105 Å². The molecule has 0 radical (unpaired) electrons. The van der Waals surface area contributed by atoms with Gasteiger partial charge in [0.1, 0.15) is 5.82 Å². The van der Waals surface area contributed by atoms with Crippen molar-refractivity contribution >= 4 is 17.7 Å². The summed E-state index contributed by atoms with van der Waals surface area (Å²) in [6.07, 6.45) is 5.10. The van der Waals surface area contributed by atoms with E-state index in [2.05, 4.69) is 4.99 Å². The molecule has 1 saturated carbocycles. The maximum Gasteiger partial charge on any atom is 0.235 e. The third kappa shape index (κ3) is 2.13. The van der Waals surface area contributed by atoms with Crippen LogP contribution < -0.4 is 0 Å². The fourth-order valence-corrected chi connectivity index (χ4v) is 2.82. The molecule has 1 aliphatic rings. The van der Waals surface area contributed by atoms with Crippen molar-refractivity contribution in [3.8, 4) is 0 Å². The second-order valence-electron chi connectivity index (χ2n) is 4.50. The van der Waals surface area contributed by atoms with E-state index in [4.69, 9.17) is 11.6 Å². The van der Waals surface area contributed by atoms with Gasteiger partial charge in [-0.05, 0) is 43.0 Å². The predicted octanol–water partition coefficient (Wildman–Crippen LogP) is 3.89. The maximum atomic E-state index is 13.4. The maximum absolute atomic E-state index is 13.4.